The Labute approximate surface area is 315 Å². The van der Waals surface area contributed by atoms with E-state index in [0.717, 1.165) is 88.7 Å². The number of amides is 4. The van der Waals surface area contributed by atoms with Crippen molar-refractivity contribution in [3.8, 4) is 0 Å². The van der Waals surface area contributed by atoms with Crippen LogP contribution < -0.4 is 20.4 Å². The number of aromatic nitrogens is 4. The highest BCUT2D eigenvalue weighted by Gasteiger charge is 2.30. The van der Waals surface area contributed by atoms with Gasteiger partial charge in [0.25, 0.3) is 22.3 Å². The van der Waals surface area contributed by atoms with Crippen molar-refractivity contribution in [2.75, 3.05) is 62.3 Å². The predicted molar refractivity (Wildman–Crippen MR) is 201 cm³/mol. The number of hydrogen-bond donors (Lipinski definition) is 2. The molecule has 5 saturated heterocycles. The van der Waals surface area contributed by atoms with Gasteiger partial charge in [0, 0.05) is 57.7 Å². The molecule has 0 saturated carbocycles. The van der Waals surface area contributed by atoms with Gasteiger partial charge in [0.05, 0.1) is 40.8 Å². The quantitative estimate of drug-likeness (QED) is 0.308. The lowest BCUT2D eigenvalue weighted by molar-refractivity contribution is -0.155. The van der Waals surface area contributed by atoms with Crippen LogP contribution >= 0.6 is 23.5 Å². The minimum Gasteiger partial charge on any atom is -0.460 e. The fraction of sp³-hybridized carbons (Fsp3) is 0.514. The Balaban J connectivity index is 0.000000181. The van der Waals surface area contributed by atoms with E-state index >= 15 is 0 Å². The third-order valence-electron chi connectivity index (χ3n) is 8.92. The van der Waals surface area contributed by atoms with Gasteiger partial charge in [-0.1, -0.05) is 0 Å². The third-order valence-corrected chi connectivity index (χ3v) is 10.5. The Morgan fingerprint density at radius 3 is 1.87 bits per heavy atom. The number of nitrogens with zero attached hydrogens (tertiary/aromatic N) is 7. The first-order valence-electron chi connectivity index (χ1n) is 17.6. The minimum atomic E-state index is -0.480. The number of piperidine rings is 1. The van der Waals surface area contributed by atoms with E-state index < -0.39 is 11.5 Å². The largest absolute Gasteiger partial charge is 0.460 e. The Morgan fingerprint density at radius 2 is 1.36 bits per heavy atom. The summed E-state index contributed by atoms with van der Waals surface area (Å²) in [5, 5.41) is 3.74. The molecule has 4 amide bonds. The van der Waals surface area contributed by atoms with E-state index in [1.54, 1.807) is 36.7 Å². The number of rotatable bonds is 7. The molecule has 53 heavy (non-hydrogen) atoms. The summed E-state index contributed by atoms with van der Waals surface area (Å²) in [6.07, 6.45) is 9.93. The van der Waals surface area contributed by atoms with Crippen LogP contribution in [0.25, 0.3) is 12.2 Å². The Kier molecular flexibility index (Phi) is 12.4. The molecule has 5 fully saturated rings. The molecule has 0 bridgehead atoms. The Bertz CT molecular complexity index is 1790. The van der Waals surface area contributed by atoms with Crippen LogP contribution in [0.15, 0.2) is 34.3 Å². The molecule has 16 nitrogen and oxygen atoms in total. The molecule has 282 valence electrons. The second-order valence-corrected chi connectivity index (χ2v) is 16.1. The topological polar surface area (TPSA) is 189 Å². The maximum absolute atomic E-state index is 12.0. The Morgan fingerprint density at radius 1 is 0.830 bits per heavy atom. The smallest absolute Gasteiger partial charge is 0.306 e. The second kappa shape index (κ2) is 17.2. The number of imide groups is 2. The maximum Gasteiger partial charge on any atom is 0.306 e. The Hall–Kier alpha value is -4.39. The maximum atomic E-state index is 12.0. The van der Waals surface area contributed by atoms with Crippen LogP contribution in [0.1, 0.15) is 57.8 Å². The van der Waals surface area contributed by atoms with Crippen molar-refractivity contribution >= 4 is 75.8 Å². The highest BCUT2D eigenvalue weighted by molar-refractivity contribution is 8.18. The van der Waals surface area contributed by atoms with Crippen molar-refractivity contribution in [3.05, 3.63) is 45.7 Å². The van der Waals surface area contributed by atoms with Gasteiger partial charge in [-0.15, -0.1) is 0 Å². The number of morpholine rings is 1. The molecule has 1 atom stereocenters. The molecule has 7 heterocycles. The summed E-state index contributed by atoms with van der Waals surface area (Å²) in [6.45, 7) is 12.5. The molecule has 7 rings (SSSR count). The molecule has 5 aliphatic heterocycles. The first-order chi connectivity index (χ1) is 25.4. The van der Waals surface area contributed by atoms with Crippen molar-refractivity contribution in [2.45, 2.75) is 58.1 Å². The highest BCUT2D eigenvalue weighted by Crippen LogP contribution is 2.28. The van der Waals surface area contributed by atoms with E-state index in [1.165, 1.54) is 0 Å². The van der Waals surface area contributed by atoms with E-state index in [1.807, 2.05) is 25.7 Å². The van der Waals surface area contributed by atoms with Crippen LogP contribution in [-0.4, -0.2) is 117 Å². The van der Waals surface area contributed by atoms with Gasteiger partial charge < -0.3 is 19.3 Å². The molecular weight excluding hydrogens is 723 g/mol. The van der Waals surface area contributed by atoms with Crippen LogP contribution in [0.5, 0.6) is 0 Å². The van der Waals surface area contributed by atoms with Crippen LogP contribution in [0.4, 0.5) is 21.5 Å². The van der Waals surface area contributed by atoms with Crippen molar-refractivity contribution in [1.29, 1.82) is 0 Å². The van der Waals surface area contributed by atoms with E-state index in [2.05, 4.69) is 40.4 Å². The molecule has 5 aliphatic rings. The van der Waals surface area contributed by atoms with Gasteiger partial charge in [0.2, 0.25) is 11.9 Å². The van der Waals surface area contributed by atoms with E-state index in [-0.39, 0.29) is 28.3 Å². The fourth-order valence-corrected chi connectivity index (χ4v) is 7.81. The molecule has 2 aromatic rings. The summed E-state index contributed by atoms with van der Waals surface area (Å²) in [7, 11) is 0. The number of carbonyl (C=O) groups is 5. The third kappa shape index (κ3) is 10.8. The summed E-state index contributed by atoms with van der Waals surface area (Å²) >= 11 is 1.75. The molecule has 18 heteroatoms. The lowest BCUT2D eigenvalue weighted by Gasteiger charge is -2.40. The number of nitrogens with one attached hydrogen (secondary N) is 2. The second-order valence-electron chi connectivity index (χ2n) is 14.0. The summed E-state index contributed by atoms with van der Waals surface area (Å²) < 4.78 is 10.8. The molecule has 1 unspecified atom stereocenters. The molecule has 0 spiro atoms. The average Bonchev–Trinajstić information content (AvgIpc) is 3.81. The molecular formula is C35H43N9O7S2. The summed E-state index contributed by atoms with van der Waals surface area (Å²) in [6, 6.07) is 4.03. The van der Waals surface area contributed by atoms with Crippen molar-refractivity contribution in [2.24, 2.45) is 5.92 Å². The number of carbonyl (C=O) groups excluding carboxylic acids is 5. The number of ether oxygens (including phenoxy) is 2. The molecule has 2 aromatic heterocycles. The lowest BCUT2D eigenvalue weighted by atomic mass is 10.0. The number of anilines is 2. The number of hydrogen-bond acceptors (Lipinski definition) is 16. The van der Waals surface area contributed by atoms with E-state index in [4.69, 9.17) is 9.47 Å². The van der Waals surface area contributed by atoms with Gasteiger partial charge in [0.1, 0.15) is 5.60 Å². The van der Waals surface area contributed by atoms with Gasteiger partial charge in [-0.05, 0) is 93.8 Å². The zero-order chi connectivity index (χ0) is 37.5. The van der Waals surface area contributed by atoms with E-state index in [0.29, 0.717) is 52.1 Å². The van der Waals surface area contributed by atoms with Gasteiger partial charge in [0.15, 0.2) is 0 Å². The van der Waals surface area contributed by atoms with Crippen molar-refractivity contribution < 1.29 is 33.4 Å². The number of thioether (sulfide) groups is 2. The zero-order valence-electron chi connectivity index (χ0n) is 29.9. The molecule has 0 radical (unpaired) electrons. The summed E-state index contributed by atoms with van der Waals surface area (Å²) in [5.74, 6) is 0.442. The van der Waals surface area contributed by atoms with Gasteiger partial charge in [-0.2, -0.15) is 0 Å². The SMILES string of the molecule is CC(C)(C)OC(=O)CC1CCN(c2nccc(/C=C3\SC(=O)NC3=O)n2)C1.O=C1NC(=O)/C(=C/c2ccnc(N3CCC(N4CCOCC4)CC3)n2)S1. The van der Waals surface area contributed by atoms with Crippen LogP contribution in [0.3, 0.4) is 0 Å². The number of esters is 1. The zero-order valence-corrected chi connectivity index (χ0v) is 31.5. The average molecular weight is 766 g/mol. The normalized spacial score (nSPS) is 23.0. The standard InChI is InChI=1S/C18H22N4O4S.C17H21N5O3S/c1-18(2,3)26-14(23)8-11-5-7-22(10-11)16-19-6-4-12(20-16)9-13-15(24)21-17(25)27-13;23-15-14(26-17(24)20-15)11-12-1-4-18-16(19-12)22-5-2-13(3-6-22)21-7-9-25-10-8-21/h4,6,9,11H,5,7-8,10H2,1-3H3,(H,21,24,25);1,4,11,13H,2-3,5-10H2,(H,20,23,24)/b13-9-;14-11-. The molecule has 2 N–H and O–H groups in total. The summed E-state index contributed by atoms with van der Waals surface area (Å²) in [5.41, 5.74) is 0.715. The minimum absolute atomic E-state index is 0.192. The lowest BCUT2D eigenvalue weighted by Crippen LogP contribution is -2.49. The molecule has 0 aliphatic carbocycles. The monoisotopic (exact) mass is 765 g/mol. The van der Waals surface area contributed by atoms with Crippen LogP contribution in [-0.2, 0) is 23.9 Å². The highest BCUT2D eigenvalue weighted by atomic mass is 32.2. The van der Waals surface area contributed by atoms with Crippen LogP contribution in [0.2, 0.25) is 0 Å². The van der Waals surface area contributed by atoms with Gasteiger partial charge >= 0.3 is 5.97 Å². The van der Waals surface area contributed by atoms with Crippen molar-refractivity contribution in [3.63, 3.8) is 0 Å². The summed E-state index contributed by atoms with van der Waals surface area (Å²) in [4.78, 5) is 83.0. The van der Waals surface area contributed by atoms with Crippen molar-refractivity contribution in [1.82, 2.24) is 35.5 Å². The van der Waals surface area contributed by atoms with Gasteiger partial charge in [-0.25, -0.2) is 19.9 Å². The molecule has 0 aromatic carbocycles. The fourth-order valence-electron chi connectivity index (χ4n) is 6.47. The van der Waals surface area contributed by atoms with E-state index in [9.17, 15) is 24.0 Å². The van der Waals surface area contributed by atoms with Gasteiger partial charge in [-0.3, -0.25) is 39.5 Å². The first-order valence-corrected chi connectivity index (χ1v) is 19.2. The predicted octanol–water partition coefficient (Wildman–Crippen LogP) is 3.46. The first kappa shape index (κ1) is 38.3. The van der Waals surface area contributed by atoms with Crippen LogP contribution in [0, 0.1) is 5.92 Å².